The monoisotopic (exact) mass is 356 g/mol. The molecule has 25 heavy (non-hydrogen) atoms. The van der Waals surface area contributed by atoms with Gasteiger partial charge in [-0.25, -0.2) is 4.79 Å². The molecule has 2 unspecified atom stereocenters. The molecule has 0 saturated heterocycles. The number of nitrogens with one attached hydrogen (secondary N) is 1. The molecule has 0 saturated carbocycles. The second-order valence-corrected chi connectivity index (χ2v) is 7.24. The van der Waals surface area contributed by atoms with Crippen LogP contribution in [0.1, 0.15) is 66.2 Å². The van der Waals surface area contributed by atoms with E-state index in [4.69, 9.17) is 15.9 Å². The zero-order valence-electron chi connectivity index (χ0n) is 16.0. The maximum absolute atomic E-state index is 12.0. The quantitative estimate of drug-likeness (QED) is 0.333. The highest BCUT2D eigenvalue weighted by atomic mass is 16.6. The number of carbonyl (C=O) groups is 3. The van der Waals surface area contributed by atoms with E-state index in [-0.39, 0.29) is 29.9 Å². The summed E-state index contributed by atoms with van der Waals surface area (Å²) in [6.45, 7) is 7.01. The molecule has 2 atom stereocenters. The van der Waals surface area contributed by atoms with E-state index >= 15 is 0 Å². The lowest BCUT2D eigenvalue weighted by atomic mass is 9.93. The highest BCUT2D eigenvalue weighted by Crippen LogP contribution is 2.13. The Morgan fingerprint density at radius 3 is 2.24 bits per heavy atom. The van der Waals surface area contributed by atoms with Crippen LogP contribution in [0.25, 0.3) is 0 Å². The number of hydrogen-bond donors (Lipinski definition) is 2. The van der Waals surface area contributed by atoms with Crippen molar-refractivity contribution in [1.29, 1.82) is 5.41 Å². The lowest BCUT2D eigenvalue weighted by Gasteiger charge is -2.19. The molecule has 144 valence electrons. The fraction of sp³-hybridized carbons (Fsp3) is 0.778. The van der Waals surface area contributed by atoms with E-state index in [0.29, 0.717) is 12.8 Å². The van der Waals surface area contributed by atoms with Crippen LogP contribution in [0.4, 0.5) is 0 Å². The lowest BCUT2D eigenvalue weighted by Crippen LogP contribution is -2.32. The Labute approximate surface area is 150 Å². The molecule has 0 aromatic carbocycles. The molecule has 7 nitrogen and oxygen atoms in total. The predicted octanol–water partition coefficient (Wildman–Crippen LogP) is 2.39. The molecule has 0 aromatic rings. The normalized spacial score (nSPS) is 13.7. The third kappa shape index (κ3) is 10.7. The van der Waals surface area contributed by atoms with Crippen LogP contribution in [0.5, 0.6) is 0 Å². The topological polar surface area (TPSA) is 120 Å². The Morgan fingerprint density at radius 1 is 1.12 bits per heavy atom. The number of methoxy groups -OCH3 is 1. The maximum Gasteiger partial charge on any atom is 0.352 e. The van der Waals surface area contributed by atoms with Gasteiger partial charge in [-0.3, -0.25) is 15.0 Å². The number of hydrogen-bond acceptors (Lipinski definition) is 7. The van der Waals surface area contributed by atoms with E-state index < -0.39 is 17.5 Å². The van der Waals surface area contributed by atoms with Gasteiger partial charge in [-0.2, -0.15) is 0 Å². The molecule has 0 fully saturated rings. The van der Waals surface area contributed by atoms with Crippen LogP contribution in [0.2, 0.25) is 0 Å². The van der Waals surface area contributed by atoms with Gasteiger partial charge in [-0.15, -0.1) is 0 Å². The number of ketones is 1. The molecule has 3 N–H and O–H groups in total. The molecule has 0 spiro atoms. The Morgan fingerprint density at radius 2 is 1.72 bits per heavy atom. The van der Waals surface area contributed by atoms with Gasteiger partial charge in [-0.05, 0) is 40.5 Å². The standard InChI is InChI=1S/C18H32N2O5/c1-12(16(20)17(23)24-5)14(21)11-13(19)9-7-6-8-10-15(22)25-18(2,3)4/h12-13,20H,6-11,19H2,1-5H3. The van der Waals surface area contributed by atoms with Crippen LogP contribution in [0.15, 0.2) is 0 Å². The van der Waals surface area contributed by atoms with Gasteiger partial charge in [0.1, 0.15) is 17.1 Å². The zero-order chi connectivity index (χ0) is 19.6. The summed E-state index contributed by atoms with van der Waals surface area (Å²) in [7, 11) is 1.18. The van der Waals surface area contributed by atoms with E-state index in [9.17, 15) is 14.4 Å². The fourth-order valence-corrected chi connectivity index (χ4v) is 2.23. The van der Waals surface area contributed by atoms with Gasteiger partial charge in [0.25, 0.3) is 0 Å². The van der Waals surface area contributed by atoms with Crippen LogP contribution in [0, 0.1) is 11.3 Å². The third-order valence-electron chi connectivity index (χ3n) is 3.66. The number of esters is 2. The molecule has 0 amide bonds. The number of nitrogens with two attached hydrogens (primary N) is 1. The molecule has 0 radical (unpaired) electrons. The van der Waals surface area contributed by atoms with Gasteiger partial charge in [0.15, 0.2) is 0 Å². The first-order chi connectivity index (χ1) is 11.5. The minimum Gasteiger partial charge on any atom is -0.465 e. The number of ether oxygens (including phenoxy) is 2. The molecular formula is C18H32N2O5. The molecule has 7 heteroatoms. The first-order valence-corrected chi connectivity index (χ1v) is 8.64. The minimum absolute atomic E-state index is 0.118. The van der Waals surface area contributed by atoms with E-state index in [2.05, 4.69) is 4.74 Å². The van der Waals surface area contributed by atoms with Crippen molar-refractivity contribution in [2.45, 2.75) is 77.9 Å². The molecule has 0 bridgehead atoms. The van der Waals surface area contributed by atoms with Crippen LogP contribution >= 0.6 is 0 Å². The summed E-state index contributed by atoms with van der Waals surface area (Å²) in [5, 5.41) is 7.59. The lowest BCUT2D eigenvalue weighted by molar-refractivity contribution is -0.155. The highest BCUT2D eigenvalue weighted by Gasteiger charge is 2.25. The molecule has 0 aliphatic heterocycles. The van der Waals surface area contributed by atoms with Gasteiger partial charge >= 0.3 is 11.9 Å². The predicted molar refractivity (Wildman–Crippen MR) is 95.4 cm³/mol. The minimum atomic E-state index is -0.814. The first kappa shape index (κ1) is 23.2. The van der Waals surface area contributed by atoms with Gasteiger partial charge in [0.05, 0.1) is 13.0 Å². The largest absolute Gasteiger partial charge is 0.465 e. The number of unbranched alkanes of at least 4 members (excludes halogenated alkanes) is 2. The summed E-state index contributed by atoms with van der Waals surface area (Å²) in [6.07, 6.45) is 3.50. The molecule has 0 heterocycles. The van der Waals surface area contributed by atoms with Crippen molar-refractivity contribution >= 4 is 23.4 Å². The van der Waals surface area contributed by atoms with Crippen molar-refractivity contribution in [1.82, 2.24) is 0 Å². The van der Waals surface area contributed by atoms with Crippen molar-refractivity contribution in [3.05, 3.63) is 0 Å². The molecule has 0 aliphatic carbocycles. The van der Waals surface area contributed by atoms with Crippen LogP contribution in [-0.4, -0.2) is 42.2 Å². The summed E-state index contributed by atoms with van der Waals surface area (Å²) < 4.78 is 9.67. The second kappa shape index (κ2) is 11.0. The van der Waals surface area contributed by atoms with Crippen molar-refractivity contribution in [2.75, 3.05) is 7.11 Å². The summed E-state index contributed by atoms with van der Waals surface area (Å²) in [6, 6.07) is -0.318. The Hall–Kier alpha value is -1.76. The Balaban J connectivity index is 3.99. The van der Waals surface area contributed by atoms with Crippen molar-refractivity contribution < 1.29 is 23.9 Å². The van der Waals surface area contributed by atoms with E-state index in [1.807, 2.05) is 20.8 Å². The summed E-state index contributed by atoms with van der Waals surface area (Å²) in [5.74, 6) is -2.05. The Bertz CT molecular complexity index is 482. The number of rotatable bonds is 11. The van der Waals surface area contributed by atoms with Gasteiger partial charge in [0.2, 0.25) is 0 Å². The maximum atomic E-state index is 12.0. The average Bonchev–Trinajstić information content (AvgIpc) is 2.50. The first-order valence-electron chi connectivity index (χ1n) is 8.64. The molecule has 0 rings (SSSR count). The number of Topliss-reactive ketones (excluding diaryl/α,β-unsaturated/α-hetero) is 1. The van der Waals surface area contributed by atoms with Crippen molar-refractivity contribution in [3.8, 4) is 0 Å². The molecule has 0 aliphatic rings. The van der Waals surface area contributed by atoms with Gasteiger partial charge < -0.3 is 15.2 Å². The highest BCUT2D eigenvalue weighted by molar-refractivity contribution is 6.39. The van der Waals surface area contributed by atoms with Gasteiger partial charge in [-0.1, -0.05) is 12.8 Å². The van der Waals surface area contributed by atoms with Gasteiger partial charge in [0, 0.05) is 18.9 Å². The Kier molecular flexibility index (Phi) is 10.2. The SMILES string of the molecule is COC(=O)C(=N)C(C)C(=O)CC(N)CCCCCC(=O)OC(C)(C)C. The summed E-state index contributed by atoms with van der Waals surface area (Å²) in [5.41, 5.74) is 5.13. The molecule has 0 aromatic heterocycles. The smallest absolute Gasteiger partial charge is 0.352 e. The average molecular weight is 356 g/mol. The fourth-order valence-electron chi connectivity index (χ4n) is 2.23. The van der Waals surface area contributed by atoms with Crippen molar-refractivity contribution in [3.63, 3.8) is 0 Å². The van der Waals surface area contributed by atoms with Crippen LogP contribution in [0.3, 0.4) is 0 Å². The van der Waals surface area contributed by atoms with Crippen LogP contribution < -0.4 is 5.73 Å². The molecular weight excluding hydrogens is 324 g/mol. The summed E-state index contributed by atoms with van der Waals surface area (Å²) >= 11 is 0. The van der Waals surface area contributed by atoms with Crippen LogP contribution in [-0.2, 0) is 23.9 Å². The third-order valence-corrected chi connectivity index (χ3v) is 3.66. The van der Waals surface area contributed by atoms with E-state index in [1.165, 1.54) is 14.0 Å². The number of carbonyl (C=O) groups excluding carboxylic acids is 3. The zero-order valence-corrected chi connectivity index (χ0v) is 16.0. The summed E-state index contributed by atoms with van der Waals surface area (Å²) in [4.78, 5) is 34.9. The van der Waals surface area contributed by atoms with E-state index in [0.717, 1.165) is 19.3 Å². The van der Waals surface area contributed by atoms with E-state index in [1.54, 1.807) is 0 Å². The second-order valence-electron chi connectivity index (χ2n) is 7.24. The van der Waals surface area contributed by atoms with Crippen molar-refractivity contribution in [2.24, 2.45) is 11.7 Å².